The number of nitrogens with zero attached hydrogens (tertiary/aromatic N) is 1. The molecule has 7 heteroatoms. The van der Waals surface area contributed by atoms with Crippen LogP contribution in [0.25, 0.3) is 0 Å². The molecule has 1 aliphatic rings. The lowest BCUT2D eigenvalue weighted by Crippen LogP contribution is -2.41. The Hall–Kier alpha value is -2.60. The summed E-state index contributed by atoms with van der Waals surface area (Å²) in [4.78, 5) is 27.2. The number of carbonyl (C=O) groups is 2. The van der Waals surface area contributed by atoms with Crippen LogP contribution in [0.5, 0.6) is 0 Å². The third-order valence-corrected chi connectivity index (χ3v) is 5.25. The molecule has 3 aromatic rings. The zero-order chi connectivity index (χ0) is 19.9. The summed E-state index contributed by atoms with van der Waals surface area (Å²) in [5.74, 6) is -0.972. The van der Waals surface area contributed by atoms with E-state index in [9.17, 15) is 14.7 Å². The maximum atomic E-state index is 13.2. The molecule has 0 radical (unpaired) electrons. The summed E-state index contributed by atoms with van der Waals surface area (Å²) in [5.41, 5.74) is -0.366. The van der Waals surface area contributed by atoms with E-state index in [4.69, 9.17) is 27.6 Å². The van der Waals surface area contributed by atoms with Gasteiger partial charge in [-0.25, -0.2) is 0 Å². The Bertz CT molecular complexity index is 1050. The Balaban J connectivity index is 1.72. The molecule has 1 amide bonds. The highest BCUT2D eigenvalue weighted by Gasteiger charge is 2.51. The van der Waals surface area contributed by atoms with Gasteiger partial charge in [0.1, 0.15) is 0 Å². The number of amides is 1. The molecule has 2 aromatic carbocycles. The Kier molecular flexibility index (Phi) is 4.75. The average molecular weight is 416 g/mol. The lowest BCUT2D eigenvalue weighted by molar-refractivity contribution is -0.136. The van der Waals surface area contributed by atoms with Crippen LogP contribution >= 0.6 is 23.2 Å². The summed E-state index contributed by atoms with van der Waals surface area (Å²) in [5, 5.41) is 12.2. The Morgan fingerprint density at radius 3 is 2.46 bits per heavy atom. The molecule has 0 unspecified atom stereocenters. The van der Waals surface area contributed by atoms with Gasteiger partial charge in [0.05, 0.1) is 24.9 Å². The maximum absolute atomic E-state index is 13.2. The van der Waals surface area contributed by atoms with Crippen molar-refractivity contribution < 1.29 is 19.1 Å². The number of anilines is 1. The number of carbonyl (C=O) groups excluding carboxylic acids is 2. The number of halogens is 2. The van der Waals surface area contributed by atoms with E-state index in [0.29, 0.717) is 21.3 Å². The predicted molar refractivity (Wildman–Crippen MR) is 106 cm³/mol. The lowest BCUT2D eigenvalue weighted by Gasteiger charge is -2.22. The fourth-order valence-electron chi connectivity index (χ4n) is 3.38. The summed E-state index contributed by atoms with van der Waals surface area (Å²) in [6, 6.07) is 15.0. The van der Waals surface area contributed by atoms with Crippen LogP contribution in [-0.2, 0) is 16.9 Å². The van der Waals surface area contributed by atoms with E-state index in [0.717, 1.165) is 5.56 Å². The summed E-state index contributed by atoms with van der Waals surface area (Å²) >= 11 is 12.0. The van der Waals surface area contributed by atoms with Crippen LogP contribution in [0.4, 0.5) is 5.69 Å². The number of rotatable bonds is 5. The highest BCUT2D eigenvalue weighted by atomic mass is 35.5. The van der Waals surface area contributed by atoms with Crippen molar-refractivity contribution in [2.24, 2.45) is 0 Å². The van der Waals surface area contributed by atoms with Crippen LogP contribution < -0.4 is 4.90 Å². The topological polar surface area (TPSA) is 70.8 Å². The first-order valence-corrected chi connectivity index (χ1v) is 9.29. The average Bonchev–Trinajstić information content (AvgIpc) is 3.27. The monoisotopic (exact) mass is 415 g/mol. The van der Waals surface area contributed by atoms with Gasteiger partial charge in [0.25, 0.3) is 5.91 Å². The normalized spacial score (nSPS) is 18.4. The molecule has 4 rings (SSSR count). The summed E-state index contributed by atoms with van der Waals surface area (Å²) < 4.78 is 5.11. The maximum Gasteiger partial charge on any atom is 0.264 e. The molecule has 28 heavy (non-hydrogen) atoms. The number of Topliss-reactive ketones (excluding diaryl/α,β-unsaturated/α-hetero) is 1. The quantitative estimate of drug-likeness (QED) is 0.618. The summed E-state index contributed by atoms with van der Waals surface area (Å²) in [6.07, 6.45) is 0.926. The third kappa shape index (κ3) is 3.22. The number of ketones is 1. The number of fused-ring (bicyclic) bond motifs is 1. The zero-order valence-electron chi connectivity index (χ0n) is 14.6. The lowest BCUT2D eigenvalue weighted by atomic mass is 9.89. The van der Waals surface area contributed by atoms with E-state index in [1.807, 2.05) is 0 Å². The van der Waals surface area contributed by atoms with Crippen molar-refractivity contribution in [2.45, 2.75) is 18.6 Å². The Morgan fingerprint density at radius 2 is 1.79 bits per heavy atom. The van der Waals surface area contributed by atoms with Crippen LogP contribution in [0.2, 0.25) is 10.0 Å². The number of furan rings is 1. The van der Waals surface area contributed by atoms with Crippen molar-refractivity contribution in [3.8, 4) is 0 Å². The van der Waals surface area contributed by atoms with Gasteiger partial charge in [0.2, 0.25) is 5.78 Å². The van der Waals surface area contributed by atoms with Crippen LogP contribution in [0, 0.1) is 0 Å². The summed E-state index contributed by atoms with van der Waals surface area (Å²) in [7, 11) is 0. The minimum absolute atomic E-state index is 0.0842. The van der Waals surface area contributed by atoms with Gasteiger partial charge in [-0.2, -0.15) is 0 Å². The van der Waals surface area contributed by atoms with E-state index in [2.05, 4.69) is 0 Å². The van der Waals surface area contributed by atoms with Gasteiger partial charge in [-0.3, -0.25) is 9.59 Å². The van der Waals surface area contributed by atoms with Crippen molar-refractivity contribution in [2.75, 3.05) is 4.90 Å². The number of hydrogen-bond acceptors (Lipinski definition) is 4. The van der Waals surface area contributed by atoms with Crippen molar-refractivity contribution in [3.05, 3.63) is 87.8 Å². The van der Waals surface area contributed by atoms with Crippen LogP contribution in [0.3, 0.4) is 0 Å². The molecule has 1 atom stereocenters. The van der Waals surface area contributed by atoms with Crippen LogP contribution in [0.15, 0.2) is 65.3 Å². The molecule has 1 N–H and O–H groups in total. The van der Waals surface area contributed by atoms with E-state index >= 15 is 0 Å². The molecular formula is C21H15Cl2NO4. The molecule has 0 saturated heterocycles. The first-order valence-electron chi connectivity index (χ1n) is 8.54. The number of hydrogen-bond donors (Lipinski definition) is 1. The zero-order valence-corrected chi connectivity index (χ0v) is 16.1. The minimum Gasteiger partial charge on any atom is -0.461 e. The minimum atomic E-state index is -2.02. The second-order valence-electron chi connectivity index (χ2n) is 6.62. The molecule has 1 aliphatic heterocycles. The molecule has 2 heterocycles. The largest absolute Gasteiger partial charge is 0.461 e. The van der Waals surface area contributed by atoms with Crippen molar-refractivity contribution >= 4 is 40.6 Å². The molecule has 0 bridgehead atoms. The molecule has 0 saturated carbocycles. The van der Waals surface area contributed by atoms with E-state index in [1.54, 1.807) is 42.5 Å². The molecule has 0 spiro atoms. The fourth-order valence-corrected chi connectivity index (χ4v) is 3.68. The molecule has 1 aromatic heterocycles. The van der Waals surface area contributed by atoms with E-state index < -0.39 is 23.7 Å². The Labute approximate surface area is 171 Å². The second kappa shape index (κ2) is 7.09. The van der Waals surface area contributed by atoms with Crippen molar-refractivity contribution in [3.63, 3.8) is 0 Å². The second-order valence-corrected chi connectivity index (χ2v) is 7.49. The van der Waals surface area contributed by atoms with Crippen LogP contribution in [-0.4, -0.2) is 16.8 Å². The number of aliphatic hydroxyl groups is 1. The van der Waals surface area contributed by atoms with Gasteiger partial charge in [-0.1, -0.05) is 35.3 Å². The molecular weight excluding hydrogens is 401 g/mol. The molecule has 142 valence electrons. The SMILES string of the molecule is O=C(C[C@@]1(O)C(=O)N(Cc2ccc(Cl)cc2)c2ccc(Cl)cc21)c1ccco1. The van der Waals surface area contributed by atoms with Crippen molar-refractivity contribution in [1.82, 2.24) is 0 Å². The highest BCUT2D eigenvalue weighted by Crippen LogP contribution is 2.44. The van der Waals surface area contributed by atoms with Gasteiger partial charge in [0, 0.05) is 15.6 Å². The first-order chi connectivity index (χ1) is 13.4. The smallest absolute Gasteiger partial charge is 0.264 e. The molecule has 0 aliphatic carbocycles. The van der Waals surface area contributed by atoms with Gasteiger partial charge in [-0.05, 0) is 48.0 Å². The van der Waals surface area contributed by atoms with Crippen molar-refractivity contribution in [1.29, 1.82) is 0 Å². The van der Waals surface area contributed by atoms with Gasteiger partial charge in [-0.15, -0.1) is 0 Å². The van der Waals surface area contributed by atoms with Gasteiger partial charge < -0.3 is 14.4 Å². The van der Waals surface area contributed by atoms with Gasteiger partial charge >= 0.3 is 0 Å². The molecule has 0 fully saturated rings. The Morgan fingerprint density at radius 1 is 1.07 bits per heavy atom. The third-order valence-electron chi connectivity index (χ3n) is 4.76. The number of benzene rings is 2. The van der Waals surface area contributed by atoms with Crippen LogP contribution in [0.1, 0.15) is 28.1 Å². The van der Waals surface area contributed by atoms with Gasteiger partial charge in [0.15, 0.2) is 11.4 Å². The highest BCUT2D eigenvalue weighted by molar-refractivity contribution is 6.31. The first kappa shape index (κ1) is 18.7. The van der Waals surface area contributed by atoms with E-state index in [-0.39, 0.29) is 12.3 Å². The van der Waals surface area contributed by atoms with E-state index in [1.165, 1.54) is 23.3 Å². The predicted octanol–water partition coefficient (Wildman–Crippen LogP) is 4.59. The standard InChI is InChI=1S/C21H15Cl2NO4/c22-14-5-3-13(4-6-14)12-24-17-8-7-15(23)10-16(17)21(27,20(24)26)11-18(25)19-2-1-9-28-19/h1-10,27H,11-12H2/t21-/m0/s1. The fraction of sp³-hybridized carbons (Fsp3) is 0.143. The summed E-state index contributed by atoms with van der Waals surface area (Å²) in [6.45, 7) is 0.224. The molecule has 5 nitrogen and oxygen atoms in total.